The van der Waals surface area contributed by atoms with Crippen molar-refractivity contribution < 1.29 is 4.79 Å². The van der Waals surface area contributed by atoms with E-state index in [0.717, 1.165) is 19.6 Å². The average Bonchev–Trinajstić information content (AvgIpc) is 1.82. The fourth-order valence-corrected chi connectivity index (χ4v) is 1.46. The van der Waals surface area contributed by atoms with E-state index in [2.05, 4.69) is 4.90 Å². The molecular weight excluding hydrogens is 142 g/mol. The molecule has 1 fully saturated rings. The second-order valence-electron chi connectivity index (χ2n) is 3.08. The third kappa shape index (κ3) is 2.48. The summed E-state index contributed by atoms with van der Waals surface area (Å²) in [7, 11) is 0. The van der Waals surface area contributed by atoms with Crippen LogP contribution in [0.25, 0.3) is 0 Å². The molecule has 4 N–H and O–H groups in total. The third-order valence-electron chi connectivity index (χ3n) is 1.97. The van der Waals surface area contributed by atoms with Crippen molar-refractivity contribution in [3.63, 3.8) is 0 Å². The van der Waals surface area contributed by atoms with Gasteiger partial charge in [0.25, 0.3) is 0 Å². The lowest BCUT2D eigenvalue weighted by Gasteiger charge is -2.38. The van der Waals surface area contributed by atoms with E-state index < -0.39 is 0 Å². The molecule has 64 valence electrons. The zero-order valence-electron chi connectivity index (χ0n) is 6.62. The van der Waals surface area contributed by atoms with Crippen LogP contribution >= 0.6 is 0 Å². The fourth-order valence-electron chi connectivity index (χ4n) is 1.46. The van der Waals surface area contributed by atoms with E-state index in [1.807, 2.05) is 0 Å². The molecule has 1 saturated heterocycles. The molecule has 0 unspecified atom stereocenters. The molecule has 4 nitrogen and oxygen atoms in total. The highest BCUT2D eigenvalue weighted by Crippen LogP contribution is 2.17. The normalized spacial score (nSPS) is 19.7. The smallest absolute Gasteiger partial charge is 0.217 e. The minimum atomic E-state index is -0.192. The number of nitrogens with two attached hydrogens (primary N) is 2. The molecule has 1 aliphatic heterocycles. The van der Waals surface area contributed by atoms with E-state index in [4.69, 9.17) is 11.5 Å². The highest BCUT2D eigenvalue weighted by Gasteiger charge is 2.26. The van der Waals surface area contributed by atoms with Crippen LogP contribution in [0.4, 0.5) is 0 Å². The second-order valence-corrected chi connectivity index (χ2v) is 3.08. The molecule has 0 spiro atoms. The first-order chi connectivity index (χ1) is 5.22. The molecule has 0 aromatic heterocycles. The Morgan fingerprint density at radius 3 is 2.64 bits per heavy atom. The second kappa shape index (κ2) is 3.69. The summed E-state index contributed by atoms with van der Waals surface area (Å²) in [5, 5.41) is 0. The van der Waals surface area contributed by atoms with E-state index in [0.29, 0.717) is 18.9 Å². The summed E-state index contributed by atoms with van der Waals surface area (Å²) in [5.41, 5.74) is 10.4. The SMILES string of the molecule is NCCN1CC(CC(N)=O)C1. The highest BCUT2D eigenvalue weighted by atomic mass is 16.1. The minimum absolute atomic E-state index is 0.192. The molecule has 1 heterocycles. The van der Waals surface area contributed by atoms with Gasteiger partial charge in [-0.3, -0.25) is 4.79 Å². The Morgan fingerprint density at radius 1 is 1.55 bits per heavy atom. The summed E-state index contributed by atoms with van der Waals surface area (Å²) in [6, 6.07) is 0. The summed E-state index contributed by atoms with van der Waals surface area (Å²) in [6.45, 7) is 3.61. The molecule has 1 amide bonds. The first kappa shape index (κ1) is 8.49. The van der Waals surface area contributed by atoms with Crippen molar-refractivity contribution in [3.8, 4) is 0 Å². The van der Waals surface area contributed by atoms with Crippen LogP contribution in [0.1, 0.15) is 6.42 Å². The summed E-state index contributed by atoms with van der Waals surface area (Å²) in [4.78, 5) is 12.7. The summed E-state index contributed by atoms with van der Waals surface area (Å²) in [6.07, 6.45) is 0.529. The number of hydrogen-bond acceptors (Lipinski definition) is 3. The summed E-state index contributed by atoms with van der Waals surface area (Å²) < 4.78 is 0. The molecule has 0 aromatic carbocycles. The lowest BCUT2D eigenvalue weighted by Crippen LogP contribution is -2.49. The van der Waals surface area contributed by atoms with Gasteiger partial charge in [0.1, 0.15) is 0 Å². The van der Waals surface area contributed by atoms with E-state index in [9.17, 15) is 4.79 Å². The van der Waals surface area contributed by atoms with Crippen LogP contribution in [0.3, 0.4) is 0 Å². The first-order valence-electron chi connectivity index (χ1n) is 3.93. The lowest BCUT2D eigenvalue weighted by atomic mass is 9.96. The van der Waals surface area contributed by atoms with Crippen LogP contribution in [-0.2, 0) is 4.79 Å². The topological polar surface area (TPSA) is 72.3 Å². The van der Waals surface area contributed by atoms with Gasteiger partial charge in [0.05, 0.1) is 0 Å². The van der Waals surface area contributed by atoms with Gasteiger partial charge in [-0.15, -0.1) is 0 Å². The van der Waals surface area contributed by atoms with E-state index >= 15 is 0 Å². The number of amides is 1. The van der Waals surface area contributed by atoms with Crippen LogP contribution in [0.5, 0.6) is 0 Å². The number of rotatable bonds is 4. The van der Waals surface area contributed by atoms with Gasteiger partial charge in [0, 0.05) is 32.6 Å². The fraction of sp³-hybridized carbons (Fsp3) is 0.857. The van der Waals surface area contributed by atoms with Gasteiger partial charge < -0.3 is 16.4 Å². The largest absolute Gasteiger partial charge is 0.370 e. The molecule has 0 bridgehead atoms. The highest BCUT2D eigenvalue weighted by molar-refractivity contribution is 5.74. The maximum absolute atomic E-state index is 10.4. The van der Waals surface area contributed by atoms with Crippen LogP contribution in [0.15, 0.2) is 0 Å². The van der Waals surface area contributed by atoms with E-state index in [1.165, 1.54) is 0 Å². The zero-order valence-corrected chi connectivity index (χ0v) is 6.62. The zero-order chi connectivity index (χ0) is 8.27. The molecule has 0 aliphatic carbocycles. The van der Waals surface area contributed by atoms with Crippen LogP contribution in [-0.4, -0.2) is 37.0 Å². The van der Waals surface area contributed by atoms with E-state index in [-0.39, 0.29) is 5.91 Å². The first-order valence-corrected chi connectivity index (χ1v) is 3.93. The Bertz CT molecular complexity index is 143. The van der Waals surface area contributed by atoms with Gasteiger partial charge in [-0.1, -0.05) is 0 Å². The van der Waals surface area contributed by atoms with E-state index in [1.54, 1.807) is 0 Å². The number of primary amides is 1. The number of nitrogens with zero attached hydrogens (tertiary/aromatic N) is 1. The number of carbonyl (C=O) groups is 1. The Balaban J connectivity index is 2.04. The monoisotopic (exact) mass is 157 g/mol. The van der Waals surface area contributed by atoms with Gasteiger partial charge in [-0.25, -0.2) is 0 Å². The molecule has 0 aromatic rings. The Labute approximate surface area is 66.5 Å². The minimum Gasteiger partial charge on any atom is -0.370 e. The predicted octanol–water partition coefficient (Wildman–Crippen LogP) is -1.25. The number of hydrogen-bond donors (Lipinski definition) is 2. The Morgan fingerprint density at radius 2 is 2.18 bits per heavy atom. The van der Waals surface area contributed by atoms with Gasteiger partial charge in [0.2, 0.25) is 5.91 Å². The van der Waals surface area contributed by atoms with Gasteiger partial charge in [0.15, 0.2) is 0 Å². The lowest BCUT2D eigenvalue weighted by molar-refractivity contribution is -0.120. The van der Waals surface area contributed by atoms with Gasteiger partial charge >= 0.3 is 0 Å². The van der Waals surface area contributed by atoms with Crippen molar-refractivity contribution in [2.75, 3.05) is 26.2 Å². The van der Waals surface area contributed by atoms with Crippen molar-refractivity contribution in [2.24, 2.45) is 17.4 Å². The molecule has 1 rings (SSSR count). The van der Waals surface area contributed by atoms with Crippen LogP contribution in [0, 0.1) is 5.92 Å². The molecule has 0 radical (unpaired) electrons. The molecule has 4 heteroatoms. The van der Waals surface area contributed by atoms with Crippen molar-refractivity contribution in [1.29, 1.82) is 0 Å². The molecule has 0 saturated carbocycles. The quantitative estimate of drug-likeness (QED) is 0.535. The molecule has 0 atom stereocenters. The Hall–Kier alpha value is -0.610. The van der Waals surface area contributed by atoms with Crippen LogP contribution in [0.2, 0.25) is 0 Å². The summed E-state index contributed by atoms with van der Waals surface area (Å²) >= 11 is 0. The predicted molar refractivity (Wildman–Crippen MR) is 42.8 cm³/mol. The van der Waals surface area contributed by atoms with Gasteiger partial charge in [-0.05, 0) is 5.92 Å². The maximum atomic E-state index is 10.4. The number of carbonyl (C=O) groups excluding carboxylic acids is 1. The van der Waals surface area contributed by atoms with Crippen molar-refractivity contribution in [1.82, 2.24) is 4.90 Å². The molecular formula is C7H15N3O. The molecule has 1 aliphatic rings. The summed E-state index contributed by atoms with van der Waals surface area (Å²) in [5.74, 6) is 0.293. The maximum Gasteiger partial charge on any atom is 0.217 e. The van der Waals surface area contributed by atoms with Gasteiger partial charge in [-0.2, -0.15) is 0 Å². The van der Waals surface area contributed by atoms with Crippen molar-refractivity contribution in [2.45, 2.75) is 6.42 Å². The van der Waals surface area contributed by atoms with Crippen molar-refractivity contribution in [3.05, 3.63) is 0 Å². The standard InChI is InChI=1S/C7H15N3O/c8-1-2-10-4-6(5-10)3-7(9)11/h6H,1-5,8H2,(H2,9,11). The Kier molecular flexibility index (Phi) is 2.84. The van der Waals surface area contributed by atoms with Crippen molar-refractivity contribution >= 4 is 5.91 Å². The average molecular weight is 157 g/mol. The van der Waals surface area contributed by atoms with Crippen LogP contribution < -0.4 is 11.5 Å². The third-order valence-corrected chi connectivity index (χ3v) is 1.97. The molecule has 11 heavy (non-hydrogen) atoms. The number of likely N-dealkylation sites (tertiary alicyclic amines) is 1.